The van der Waals surface area contributed by atoms with Gasteiger partial charge in [0.05, 0.1) is 12.3 Å². The summed E-state index contributed by atoms with van der Waals surface area (Å²) in [5.74, 6) is -0.244. The number of carbonyl (C=O) groups is 1. The monoisotopic (exact) mass is 267 g/mol. The Morgan fingerprint density at radius 2 is 2.26 bits per heavy atom. The van der Waals surface area contributed by atoms with Crippen molar-refractivity contribution in [3.05, 3.63) is 28.7 Å². The third-order valence-corrected chi connectivity index (χ3v) is 2.83. The maximum atomic E-state index is 11.8. The van der Waals surface area contributed by atoms with E-state index in [1.54, 1.807) is 19.4 Å². The number of aromatic nitrogens is 1. The molecule has 0 aliphatic carbocycles. The van der Waals surface area contributed by atoms with Crippen LogP contribution in [0.15, 0.2) is 23.1 Å². The van der Waals surface area contributed by atoms with Gasteiger partial charge in [-0.05, 0) is 19.0 Å². The van der Waals surface area contributed by atoms with Crippen LogP contribution < -0.4 is 16.6 Å². The maximum Gasteiger partial charge on any atom is 0.250 e. The minimum absolute atomic E-state index is 0.0950. The van der Waals surface area contributed by atoms with E-state index >= 15 is 0 Å². The summed E-state index contributed by atoms with van der Waals surface area (Å²) in [6.07, 6.45) is 2.25. The second-order valence-corrected chi connectivity index (χ2v) is 4.41. The third kappa shape index (κ3) is 4.84. The molecule has 0 aliphatic rings. The highest BCUT2D eigenvalue weighted by molar-refractivity contribution is 5.92. The van der Waals surface area contributed by atoms with Gasteiger partial charge in [0.25, 0.3) is 5.56 Å². The molecule has 1 heterocycles. The number of amides is 1. The minimum atomic E-state index is -0.149. The van der Waals surface area contributed by atoms with Crippen LogP contribution in [0.25, 0.3) is 0 Å². The van der Waals surface area contributed by atoms with Crippen molar-refractivity contribution < 1.29 is 9.53 Å². The lowest BCUT2D eigenvalue weighted by Crippen LogP contribution is -2.25. The van der Waals surface area contributed by atoms with E-state index in [0.29, 0.717) is 31.8 Å². The fraction of sp³-hybridized carbons (Fsp3) is 0.538. The number of nitrogens with one attached hydrogen (secondary N) is 1. The van der Waals surface area contributed by atoms with Gasteiger partial charge in [0.1, 0.15) is 0 Å². The molecule has 1 atom stereocenters. The van der Waals surface area contributed by atoms with E-state index in [2.05, 4.69) is 5.32 Å². The molecule has 0 radical (unpaired) electrons. The molecule has 6 heteroatoms. The van der Waals surface area contributed by atoms with E-state index in [-0.39, 0.29) is 17.4 Å². The number of rotatable bonds is 7. The van der Waals surface area contributed by atoms with Gasteiger partial charge in [0.15, 0.2) is 0 Å². The largest absolute Gasteiger partial charge is 0.383 e. The second-order valence-electron chi connectivity index (χ2n) is 4.41. The van der Waals surface area contributed by atoms with E-state index < -0.39 is 0 Å². The highest BCUT2D eigenvalue weighted by atomic mass is 16.5. The number of nitrogens with zero attached hydrogens (tertiary/aromatic N) is 1. The van der Waals surface area contributed by atoms with E-state index in [1.807, 2.05) is 6.92 Å². The number of pyridine rings is 1. The first-order chi connectivity index (χ1) is 9.08. The van der Waals surface area contributed by atoms with Gasteiger partial charge in [0.2, 0.25) is 5.91 Å². The lowest BCUT2D eigenvalue weighted by atomic mass is 10.1. The summed E-state index contributed by atoms with van der Waals surface area (Å²) >= 11 is 0. The first-order valence-corrected chi connectivity index (χ1v) is 6.29. The molecule has 0 aromatic carbocycles. The predicted octanol–water partition coefficient (Wildman–Crippen LogP) is 0.418. The third-order valence-electron chi connectivity index (χ3n) is 2.83. The Labute approximate surface area is 112 Å². The summed E-state index contributed by atoms with van der Waals surface area (Å²) in [5, 5.41) is 2.78. The second kappa shape index (κ2) is 7.70. The number of hydrogen-bond donors (Lipinski definition) is 2. The van der Waals surface area contributed by atoms with Crippen molar-refractivity contribution in [2.45, 2.75) is 19.9 Å². The van der Waals surface area contributed by atoms with Crippen molar-refractivity contribution in [3.8, 4) is 0 Å². The number of hydrogen-bond acceptors (Lipinski definition) is 4. The Kier molecular flexibility index (Phi) is 6.24. The summed E-state index contributed by atoms with van der Waals surface area (Å²) in [6.45, 7) is 3.20. The van der Waals surface area contributed by atoms with Gasteiger partial charge in [-0.2, -0.15) is 0 Å². The van der Waals surface area contributed by atoms with E-state index in [0.717, 1.165) is 0 Å². The van der Waals surface area contributed by atoms with Crippen molar-refractivity contribution in [1.29, 1.82) is 0 Å². The van der Waals surface area contributed by atoms with Gasteiger partial charge < -0.3 is 20.4 Å². The number of methoxy groups -OCH3 is 1. The highest BCUT2D eigenvalue weighted by Gasteiger charge is 2.12. The quantitative estimate of drug-likeness (QED) is 0.749. The zero-order valence-corrected chi connectivity index (χ0v) is 11.4. The molecule has 0 bridgehead atoms. The number of ether oxygens (including phenoxy) is 1. The Balaban J connectivity index is 2.73. The van der Waals surface area contributed by atoms with Crippen molar-refractivity contribution in [1.82, 2.24) is 4.57 Å². The van der Waals surface area contributed by atoms with E-state index in [9.17, 15) is 9.59 Å². The van der Waals surface area contributed by atoms with Crippen LogP contribution in [0.5, 0.6) is 0 Å². The average Bonchev–Trinajstić information content (AvgIpc) is 2.39. The van der Waals surface area contributed by atoms with Crippen LogP contribution in [0.4, 0.5) is 5.69 Å². The molecule has 1 amide bonds. The lowest BCUT2D eigenvalue weighted by molar-refractivity contribution is -0.119. The van der Waals surface area contributed by atoms with Gasteiger partial charge in [0, 0.05) is 31.8 Å². The zero-order valence-electron chi connectivity index (χ0n) is 11.4. The molecule has 6 nitrogen and oxygen atoms in total. The molecular weight excluding hydrogens is 246 g/mol. The summed E-state index contributed by atoms with van der Waals surface area (Å²) in [6, 6.07) is 3.03. The van der Waals surface area contributed by atoms with Crippen LogP contribution in [-0.2, 0) is 16.1 Å². The molecule has 0 saturated carbocycles. The van der Waals surface area contributed by atoms with Gasteiger partial charge >= 0.3 is 0 Å². The summed E-state index contributed by atoms with van der Waals surface area (Å²) < 4.78 is 6.44. The number of anilines is 1. The van der Waals surface area contributed by atoms with Crippen LogP contribution in [0.2, 0.25) is 0 Å². The smallest absolute Gasteiger partial charge is 0.250 e. The average molecular weight is 267 g/mol. The van der Waals surface area contributed by atoms with Gasteiger partial charge in [-0.1, -0.05) is 6.92 Å². The van der Waals surface area contributed by atoms with Crippen LogP contribution in [0, 0.1) is 5.92 Å². The minimum Gasteiger partial charge on any atom is -0.383 e. The van der Waals surface area contributed by atoms with Gasteiger partial charge in [-0.15, -0.1) is 0 Å². The van der Waals surface area contributed by atoms with Crippen molar-refractivity contribution in [2.24, 2.45) is 11.7 Å². The van der Waals surface area contributed by atoms with Crippen LogP contribution in [0.3, 0.4) is 0 Å². The Morgan fingerprint density at radius 1 is 1.53 bits per heavy atom. The summed E-state index contributed by atoms with van der Waals surface area (Å²) in [4.78, 5) is 23.4. The topological polar surface area (TPSA) is 86.3 Å². The molecule has 19 heavy (non-hydrogen) atoms. The molecule has 0 aliphatic heterocycles. The van der Waals surface area contributed by atoms with Crippen molar-refractivity contribution in [2.75, 3.05) is 25.6 Å². The predicted molar refractivity (Wildman–Crippen MR) is 74.0 cm³/mol. The van der Waals surface area contributed by atoms with Gasteiger partial charge in [-0.25, -0.2) is 0 Å². The maximum absolute atomic E-state index is 11.8. The lowest BCUT2D eigenvalue weighted by Gasteiger charge is -2.12. The van der Waals surface area contributed by atoms with Crippen molar-refractivity contribution >= 4 is 11.6 Å². The van der Waals surface area contributed by atoms with Gasteiger partial charge in [-0.3, -0.25) is 9.59 Å². The van der Waals surface area contributed by atoms with E-state index in [4.69, 9.17) is 10.5 Å². The molecule has 1 aromatic rings. The molecule has 1 unspecified atom stereocenters. The Bertz CT molecular complexity index is 470. The highest BCUT2D eigenvalue weighted by Crippen LogP contribution is 2.08. The molecular formula is C13H21N3O3. The Hall–Kier alpha value is -1.66. The SMILES string of the molecule is COCCn1cc(NC(=O)C(C)CCN)ccc1=O. The first-order valence-electron chi connectivity index (χ1n) is 6.29. The normalized spacial score (nSPS) is 12.2. The molecule has 106 valence electrons. The fourth-order valence-electron chi connectivity index (χ4n) is 1.62. The zero-order chi connectivity index (χ0) is 14.3. The summed E-state index contributed by atoms with van der Waals surface area (Å²) in [7, 11) is 1.57. The van der Waals surface area contributed by atoms with Crippen LogP contribution in [-0.4, -0.2) is 30.7 Å². The molecule has 1 rings (SSSR count). The van der Waals surface area contributed by atoms with Crippen molar-refractivity contribution in [3.63, 3.8) is 0 Å². The molecule has 0 fully saturated rings. The number of carbonyl (C=O) groups excluding carboxylic acids is 1. The number of nitrogens with two attached hydrogens (primary N) is 1. The molecule has 3 N–H and O–H groups in total. The van der Waals surface area contributed by atoms with Crippen LogP contribution in [0.1, 0.15) is 13.3 Å². The fourth-order valence-corrected chi connectivity index (χ4v) is 1.62. The first kappa shape index (κ1) is 15.4. The summed E-state index contributed by atoms with van der Waals surface area (Å²) in [5.41, 5.74) is 5.90. The molecule has 0 spiro atoms. The molecule has 1 aromatic heterocycles. The Morgan fingerprint density at radius 3 is 2.89 bits per heavy atom. The molecule has 0 saturated heterocycles. The van der Waals surface area contributed by atoms with E-state index in [1.165, 1.54) is 10.6 Å². The standard InChI is InChI=1S/C13H21N3O3/c1-10(5-6-14)13(18)15-11-3-4-12(17)16(9-11)7-8-19-2/h3-4,9-10H,5-8,14H2,1-2H3,(H,15,18). The van der Waals surface area contributed by atoms with Crippen LogP contribution >= 0.6 is 0 Å².